The lowest BCUT2D eigenvalue weighted by Crippen LogP contribution is -2.43. The van der Waals surface area contributed by atoms with Crippen molar-refractivity contribution in [3.05, 3.63) is 12.2 Å². The number of aliphatic carboxylic acids is 1. The summed E-state index contributed by atoms with van der Waals surface area (Å²) in [5, 5.41) is 12.4. The number of hydrogen-bond acceptors (Lipinski definition) is 2. The van der Waals surface area contributed by atoms with Gasteiger partial charge in [0.05, 0.1) is 11.8 Å². The van der Waals surface area contributed by atoms with Gasteiger partial charge in [0.1, 0.15) is 0 Å². The van der Waals surface area contributed by atoms with Crippen LogP contribution in [0.5, 0.6) is 0 Å². The van der Waals surface area contributed by atoms with Crippen molar-refractivity contribution in [1.29, 1.82) is 0 Å². The monoisotopic (exact) mass is 249 g/mol. The second kappa shape index (κ2) is 4.41. The molecular formula is C14H19NO3. The predicted molar refractivity (Wildman–Crippen MR) is 65.8 cm³/mol. The van der Waals surface area contributed by atoms with Gasteiger partial charge in [-0.2, -0.15) is 0 Å². The van der Waals surface area contributed by atoms with Gasteiger partial charge in [0.25, 0.3) is 0 Å². The Bertz CT molecular complexity index is 398. The van der Waals surface area contributed by atoms with Gasteiger partial charge in [-0.15, -0.1) is 0 Å². The van der Waals surface area contributed by atoms with Crippen LogP contribution in [0.4, 0.5) is 0 Å². The van der Waals surface area contributed by atoms with E-state index in [1.807, 2.05) is 12.2 Å². The van der Waals surface area contributed by atoms with E-state index in [0.29, 0.717) is 0 Å². The normalized spacial score (nSPS) is 38.2. The minimum absolute atomic E-state index is 0.0360. The molecule has 4 atom stereocenters. The molecule has 18 heavy (non-hydrogen) atoms. The second-order valence-electron chi connectivity index (χ2n) is 5.83. The summed E-state index contributed by atoms with van der Waals surface area (Å²) < 4.78 is 0. The molecule has 4 nitrogen and oxygen atoms in total. The van der Waals surface area contributed by atoms with Crippen molar-refractivity contribution in [3.63, 3.8) is 0 Å². The molecule has 0 aromatic rings. The first-order valence-electron chi connectivity index (χ1n) is 6.88. The lowest BCUT2D eigenvalue weighted by molar-refractivity contribution is -0.148. The van der Waals surface area contributed by atoms with Crippen molar-refractivity contribution in [2.45, 2.75) is 38.1 Å². The molecule has 0 spiro atoms. The Kier molecular flexibility index (Phi) is 2.88. The molecule has 98 valence electrons. The van der Waals surface area contributed by atoms with Gasteiger partial charge < -0.3 is 10.4 Å². The first-order valence-corrected chi connectivity index (χ1v) is 6.88. The number of amides is 1. The van der Waals surface area contributed by atoms with Gasteiger partial charge in [0, 0.05) is 6.04 Å². The number of carbonyl (C=O) groups is 2. The van der Waals surface area contributed by atoms with Gasteiger partial charge in [0.15, 0.2) is 0 Å². The van der Waals surface area contributed by atoms with Crippen molar-refractivity contribution in [2.24, 2.45) is 23.7 Å². The fraction of sp³-hybridized carbons (Fsp3) is 0.714. The van der Waals surface area contributed by atoms with E-state index in [4.69, 9.17) is 0 Å². The van der Waals surface area contributed by atoms with Crippen molar-refractivity contribution >= 4 is 11.9 Å². The number of nitrogens with one attached hydrogen (secondary N) is 1. The molecule has 0 aliphatic heterocycles. The molecule has 3 aliphatic rings. The van der Waals surface area contributed by atoms with Crippen LogP contribution < -0.4 is 5.32 Å². The molecule has 2 N–H and O–H groups in total. The highest BCUT2D eigenvalue weighted by Gasteiger charge is 2.51. The maximum absolute atomic E-state index is 12.3. The van der Waals surface area contributed by atoms with E-state index in [2.05, 4.69) is 5.32 Å². The molecule has 4 heteroatoms. The Hall–Kier alpha value is -1.32. The van der Waals surface area contributed by atoms with Crippen LogP contribution in [0.15, 0.2) is 12.2 Å². The first kappa shape index (κ1) is 11.8. The van der Waals surface area contributed by atoms with Crippen LogP contribution in [0.3, 0.4) is 0 Å². The summed E-state index contributed by atoms with van der Waals surface area (Å²) in [6.07, 6.45) is 9.26. The van der Waals surface area contributed by atoms with E-state index < -0.39 is 11.9 Å². The zero-order chi connectivity index (χ0) is 12.7. The third-order valence-electron chi connectivity index (χ3n) is 4.75. The highest BCUT2D eigenvalue weighted by atomic mass is 16.4. The van der Waals surface area contributed by atoms with Crippen LogP contribution in [0.1, 0.15) is 32.1 Å². The van der Waals surface area contributed by atoms with Crippen molar-refractivity contribution < 1.29 is 14.7 Å². The smallest absolute Gasteiger partial charge is 0.307 e. The maximum atomic E-state index is 12.3. The van der Waals surface area contributed by atoms with Crippen LogP contribution in [0, 0.1) is 23.7 Å². The zero-order valence-corrected chi connectivity index (χ0v) is 10.3. The van der Waals surface area contributed by atoms with Gasteiger partial charge in [-0.25, -0.2) is 0 Å². The number of rotatable bonds is 3. The third-order valence-corrected chi connectivity index (χ3v) is 4.75. The number of hydrogen-bond donors (Lipinski definition) is 2. The Balaban J connectivity index is 1.71. The molecule has 0 saturated heterocycles. The summed E-state index contributed by atoms with van der Waals surface area (Å²) in [5.74, 6) is -1.52. The Morgan fingerprint density at radius 1 is 1.06 bits per heavy atom. The average molecular weight is 249 g/mol. The number of allylic oxidation sites excluding steroid dienone is 2. The molecule has 3 aliphatic carbocycles. The van der Waals surface area contributed by atoms with E-state index in [1.165, 1.54) is 12.8 Å². The minimum atomic E-state index is -0.821. The summed E-state index contributed by atoms with van der Waals surface area (Å²) in [5.41, 5.74) is 0. The Labute approximate surface area is 106 Å². The number of carboxylic acid groups (broad SMARTS) is 1. The molecular weight excluding hydrogens is 230 g/mol. The van der Waals surface area contributed by atoms with Crippen molar-refractivity contribution in [2.75, 3.05) is 0 Å². The summed E-state index contributed by atoms with van der Waals surface area (Å²) >= 11 is 0. The lowest BCUT2D eigenvalue weighted by atomic mass is 9.82. The van der Waals surface area contributed by atoms with Gasteiger partial charge in [-0.1, -0.05) is 25.0 Å². The van der Waals surface area contributed by atoms with Crippen molar-refractivity contribution in [3.8, 4) is 0 Å². The van der Waals surface area contributed by atoms with Gasteiger partial charge in [-0.05, 0) is 31.1 Å². The standard InChI is InChI=1S/C14H19NO3/c16-13(15-10-3-1-2-4-10)11-8-5-6-9(7-8)12(11)14(17)18/h5-6,8-12H,1-4,7H2,(H,15,16)(H,17,18)/t8-,9+,11-,12+/m1/s1. The van der Waals surface area contributed by atoms with Gasteiger partial charge >= 0.3 is 5.97 Å². The molecule has 2 bridgehead atoms. The summed E-state index contributed by atoms with van der Waals surface area (Å²) in [6, 6.07) is 0.273. The zero-order valence-electron chi connectivity index (χ0n) is 10.3. The first-order chi connectivity index (χ1) is 8.66. The van der Waals surface area contributed by atoms with Crippen LogP contribution in [-0.2, 0) is 9.59 Å². The number of carbonyl (C=O) groups excluding carboxylic acids is 1. The fourth-order valence-electron chi connectivity index (χ4n) is 3.88. The largest absolute Gasteiger partial charge is 0.481 e. The maximum Gasteiger partial charge on any atom is 0.307 e. The fourth-order valence-corrected chi connectivity index (χ4v) is 3.88. The van der Waals surface area contributed by atoms with Crippen LogP contribution >= 0.6 is 0 Å². The highest BCUT2D eigenvalue weighted by Crippen LogP contribution is 2.48. The predicted octanol–water partition coefficient (Wildman–Crippen LogP) is 1.57. The molecule has 2 fully saturated rings. The summed E-state index contributed by atoms with van der Waals surface area (Å²) in [4.78, 5) is 23.6. The SMILES string of the molecule is O=C(O)[C@@H]1[C@H](C(=O)NC2CCCC2)[C@@H]2C=C[C@H]1C2. The molecule has 0 aromatic carbocycles. The molecule has 0 aromatic heterocycles. The molecule has 3 rings (SSSR count). The van der Waals surface area contributed by atoms with Gasteiger partial charge in [0.2, 0.25) is 5.91 Å². The molecule has 0 radical (unpaired) electrons. The highest BCUT2D eigenvalue weighted by molar-refractivity contribution is 5.87. The molecule has 1 amide bonds. The second-order valence-corrected chi connectivity index (χ2v) is 5.83. The van der Waals surface area contributed by atoms with Crippen LogP contribution in [0.25, 0.3) is 0 Å². The van der Waals surface area contributed by atoms with E-state index in [1.54, 1.807) is 0 Å². The number of fused-ring (bicyclic) bond motifs is 2. The molecule has 0 heterocycles. The minimum Gasteiger partial charge on any atom is -0.481 e. The lowest BCUT2D eigenvalue weighted by Gasteiger charge is -2.25. The summed E-state index contributed by atoms with van der Waals surface area (Å²) in [7, 11) is 0. The van der Waals surface area contributed by atoms with Crippen LogP contribution in [0.2, 0.25) is 0 Å². The average Bonchev–Trinajstić information content (AvgIpc) is 3.03. The third kappa shape index (κ3) is 1.84. The number of carboxylic acids is 1. The van der Waals surface area contributed by atoms with Crippen LogP contribution in [-0.4, -0.2) is 23.0 Å². The van der Waals surface area contributed by atoms with E-state index in [0.717, 1.165) is 19.3 Å². The topological polar surface area (TPSA) is 66.4 Å². The Morgan fingerprint density at radius 2 is 1.67 bits per heavy atom. The Morgan fingerprint density at radius 3 is 2.28 bits per heavy atom. The molecule has 2 saturated carbocycles. The van der Waals surface area contributed by atoms with Gasteiger partial charge in [-0.3, -0.25) is 9.59 Å². The molecule has 0 unspecified atom stereocenters. The van der Waals surface area contributed by atoms with E-state index in [-0.39, 0.29) is 29.7 Å². The quantitative estimate of drug-likeness (QED) is 0.746. The summed E-state index contributed by atoms with van der Waals surface area (Å²) in [6.45, 7) is 0. The van der Waals surface area contributed by atoms with Crippen molar-refractivity contribution in [1.82, 2.24) is 5.32 Å². The van der Waals surface area contributed by atoms with E-state index in [9.17, 15) is 14.7 Å². The van der Waals surface area contributed by atoms with E-state index >= 15 is 0 Å².